The van der Waals surface area contributed by atoms with Crippen LogP contribution in [0.5, 0.6) is 0 Å². The number of hydrogen-bond donors (Lipinski definition) is 0. The summed E-state index contributed by atoms with van der Waals surface area (Å²) in [6.45, 7) is 4.61. The fourth-order valence-corrected chi connectivity index (χ4v) is 6.57. The number of sulfone groups is 1. The maximum Gasteiger partial charge on any atom is 0.227 e. The number of rotatable bonds is 9. The Morgan fingerprint density at radius 3 is 2.70 bits per heavy atom. The maximum absolute atomic E-state index is 13.1. The van der Waals surface area contributed by atoms with Gasteiger partial charge in [-0.05, 0) is 56.2 Å². The molecule has 2 aromatic heterocycles. The molecular formula is C23H34N4O2S. The summed E-state index contributed by atoms with van der Waals surface area (Å²) in [5, 5.41) is 0.285. The molecule has 30 heavy (non-hydrogen) atoms. The molecule has 0 unspecified atom stereocenters. The molecule has 6 nitrogen and oxygen atoms in total. The average Bonchev–Trinajstić information content (AvgIpc) is 3.14. The van der Waals surface area contributed by atoms with E-state index < -0.39 is 9.84 Å². The van der Waals surface area contributed by atoms with Gasteiger partial charge in [-0.25, -0.2) is 13.4 Å². The van der Waals surface area contributed by atoms with Gasteiger partial charge in [-0.15, -0.1) is 0 Å². The van der Waals surface area contributed by atoms with Crippen LogP contribution in [0.4, 0.5) is 0 Å². The molecular weight excluding hydrogens is 396 g/mol. The zero-order chi connectivity index (χ0) is 21.0. The van der Waals surface area contributed by atoms with E-state index in [-0.39, 0.29) is 10.9 Å². The van der Waals surface area contributed by atoms with Gasteiger partial charge in [0.2, 0.25) is 15.0 Å². The fourth-order valence-electron chi connectivity index (χ4n) is 4.71. The Labute approximate surface area is 180 Å². The Morgan fingerprint density at radius 2 is 2.00 bits per heavy atom. The van der Waals surface area contributed by atoms with Gasteiger partial charge < -0.3 is 4.57 Å². The van der Waals surface area contributed by atoms with Crippen LogP contribution in [0.15, 0.2) is 35.9 Å². The Morgan fingerprint density at radius 1 is 1.13 bits per heavy atom. The van der Waals surface area contributed by atoms with E-state index in [2.05, 4.69) is 27.9 Å². The van der Waals surface area contributed by atoms with Crippen molar-refractivity contribution in [1.82, 2.24) is 19.4 Å². The predicted molar refractivity (Wildman–Crippen MR) is 118 cm³/mol. The molecule has 3 heterocycles. The number of hydrogen-bond acceptors (Lipinski definition) is 5. The third-order valence-corrected chi connectivity index (χ3v) is 8.44. The van der Waals surface area contributed by atoms with Crippen molar-refractivity contribution < 1.29 is 8.42 Å². The molecule has 2 aliphatic rings. The molecule has 0 radical (unpaired) electrons. The molecule has 0 spiro atoms. The number of imidazole rings is 1. The second-order valence-electron chi connectivity index (χ2n) is 8.88. The van der Waals surface area contributed by atoms with Crippen molar-refractivity contribution in [2.75, 3.05) is 12.3 Å². The number of pyridine rings is 1. The molecule has 1 atom stereocenters. The Balaban J connectivity index is 1.58. The summed E-state index contributed by atoms with van der Waals surface area (Å²) in [6.07, 6.45) is 14.3. The third kappa shape index (κ3) is 4.78. The monoisotopic (exact) mass is 430 g/mol. The Bertz CT molecular complexity index is 922. The van der Waals surface area contributed by atoms with Crippen LogP contribution in [0, 0.1) is 5.92 Å². The van der Waals surface area contributed by atoms with Crippen LogP contribution in [0.25, 0.3) is 0 Å². The highest BCUT2D eigenvalue weighted by Crippen LogP contribution is 2.33. The van der Waals surface area contributed by atoms with E-state index in [9.17, 15) is 8.42 Å². The second-order valence-corrected chi connectivity index (χ2v) is 10.8. The van der Waals surface area contributed by atoms with Crippen LogP contribution in [0.2, 0.25) is 0 Å². The van der Waals surface area contributed by atoms with Crippen molar-refractivity contribution in [3.05, 3.63) is 42.0 Å². The minimum absolute atomic E-state index is 0.248. The topological polar surface area (TPSA) is 68.1 Å². The van der Waals surface area contributed by atoms with E-state index in [0.717, 1.165) is 63.9 Å². The van der Waals surface area contributed by atoms with Crippen molar-refractivity contribution in [2.45, 2.75) is 82.6 Å². The van der Waals surface area contributed by atoms with Crippen molar-refractivity contribution in [3.8, 4) is 0 Å². The second kappa shape index (κ2) is 9.60. The van der Waals surface area contributed by atoms with Crippen molar-refractivity contribution in [1.29, 1.82) is 0 Å². The molecule has 0 bridgehead atoms. The number of likely N-dealkylation sites (tertiary alicyclic amines) is 1. The first-order valence-corrected chi connectivity index (χ1v) is 13.1. The minimum atomic E-state index is -3.34. The van der Waals surface area contributed by atoms with Crippen LogP contribution in [0.1, 0.15) is 75.6 Å². The number of aromatic nitrogens is 3. The van der Waals surface area contributed by atoms with Gasteiger partial charge in [-0.1, -0.05) is 32.3 Å². The van der Waals surface area contributed by atoms with Gasteiger partial charge in [0.25, 0.3) is 0 Å². The van der Waals surface area contributed by atoms with E-state index in [0.29, 0.717) is 12.0 Å². The molecule has 0 N–H and O–H groups in total. The first kappa shape index (κ1) is 21.5. The normalized spacial score (nSPS) is 20.9. The van der Waals surface area contributed by atoms with Crippen LogP contribution >= 0.6 is 0 Å². The van der Waals surface area contributed by atoms with E-state index in [1.54, 1.807) is 6.20 Å². The predicted octanol–water partition coefficient (Wildman–Crippen LogP) is 4.38. The summed E-state index contributed by atoms with van der Waals surface area (Å²) in [7, 11) is -3.34. The quantitative estimate of drug-likeness (QED) is 0.591. The molecule has 7 heteroatoms. The van der Waals surface area contributed by atoms with Crippen molar-refractivity contribution >= 4 is 9.84 Å². The van der Waals surface area contributed by atoms with Gasteiger partial charge in [-0.2, -0.15) is 0 Å². The third-order valence-electron chi connectivity index (χ3n) is 6.64. The Kier molecular flexibility index (Phi) is 6.88. The summed E-state index contributed by atoms with van der Waals surface area (Å²) in [5.74, 6) is 0.560. The Hall–Kier alpha value is -1.73. The van der Waals surface area contributed by atoms with Gasteiger partial charge in [0, 0.05) is 31.5 Å². The van der Waals surface area contributed by atoms with Crippen LogP contribution < -0.4 is 0 Å². The zero-order valence-corrected chi connectivity index (χ0v) is 18.9. The average molecular weight is 431 g/mol. The lowest BCUT2D eigenvalue weighted by atomic mass is 9.87. The molecule has 0 aromatic carbocycles. The van der Waals surface area contributed by atoms with Gasteiger partial charge in [0.1, 0.15) is 0 Å². The van der Waals surface area contributed by atoms with E-state index in [1.807, 2.05) is 23.0 Å². The van der Waals surface area contributed by atoms with E-state index in [4.69, 9.17) is 0 Å². The lowest BCUT2D eigenvalue weighted by molar-refractivity contribution is 0.136. The molecule has 4 rings (SSSR count). The van der Waals surface area contributed by atoms with Crippen LogP contribution in [-0.2, 0) is 22.9 Å². The maximum atomic E-state index is 13.1. The summed E-state index contributed by atoms with van der Waals surface area (Å²) in [4.78, 5) is 11.2. The molecule has 1 aliphatic carbocycles. The molecule has 2 aromatic rings. The number of unbranched alkanes of at least 4 members (excludes halogenated alkanes) is 1. The van der Waals surface area contributed by atoms with Crippen LogP contribution in [-0.4, -0.2) is 40.2 Å². The SMILES string of the molecule is CCCCn1c(CN2CCCC[C@H]2c2cccnc2)cnc1S(=O)(=O)CC1CCC1. The lowest BCUT2D eigenvalue weighted by Gasteiger charge is -2.36. The summed E-state index contributed by atoms with van der Waals surface area (Å²) < 4.78 is 28.2. The van der Waals surface area contributed by atoms with Crippen molar-refractivity contribution in [2.24, 2.45) is 5.92 Å². The highest BCUT2D eigenvalue weighted by molar-refractivity contribution is 7.91. The van der Waals surface area contributed by atoms with Gasteiger partial charge >= 0.3 is 0 Å². The molecule has 0 amide bonds. The zero-order valence-electron chi connectivity index (χ0n) is 18.0. The van der Waals surface area contributed by atoms with Gasteiger partial charge in [0.05, 0.1) is 17.6 Å². The first-order valence-electron chi connectivity index (χ1n) is 11.5. The van der Waals surface area contributed by atoms with E-state index >= 15 is 0 Å². The standard InChI is InChI=1S/C23H34N4O2S/c1-2-3-14-27-21(16-25-23(27)30(28,29)18-19-8-6-9-19)17-26-13-5-4-11-22(26)20-10-7-12-24-15-20/h7,10,12,15-16,19,22H,2-6,8-9,11,13-14,17-18H2,1H3/t22-/m0/s1. The summed E-state index contributed by atoms with van der Waals surface area (Å²) in [5.41, 5.74) is 2.26. The van der Waals surface area contributed by atoms with Crippen LogP contribution in [0.3, 0.4) is 0 Å². The van der Waals surface area contributed by atoms with Gasteiger partial charge in [-0.3, -0.25) is 9.88 Å². The summed E-state index contributed by atoms with van der Waals surface area (Å²) >= 11 is 0. The van der Waals surface area contributed by atoms with E-state index in [1.165, 1.54) is 18.4 Å². The first-order chi connectivity index (χ1) is 14.6. The highest BCUT2D eigenvalue weighted by atomic mass is 32.2. The molecule has 164 valence electrons. The molecule has 1 aliphatic heterocycles. The highest BCUT2D eigenvalue weighted by Gasteiger charge is 2.31. The van der Waals surface area contributed by atoms with Gasteiger partial charge in [0.15, 0.2) is 0 Å². The lowest BCUT2D eigenvalue weighted by Crippen LogP contribution is -2.34. The fraction of sp³-hybridized carbons (Fsp3) is 0.652. The van der Waals surface area contributed by atoms with Crippen molar-refractivity contribution in [3.63, 3.8) is 0 Å². The summed E-state index contributed by atoms with van der Waals surface area (Å²) in [6, 6.07) is 4.48. The smallest absolute Gasteiger partial charge is 0.227 e. The molecule has 1 saturated heterocycles. The minimum Gasteiger partial charge on any atom is -0.318 e. The number of piperidine rings is 1. The molecule has 2 fully saturated rings. The molecule has 1 saturated carbocycles. The number of nitrogens with zero attached hydrogens (tertiary/aromatic N) is 4. The largest absolute Gasteiger partial charge is 0.318 e.